The summed E-state index contributed by atoms with van der Waals surface area (Å²) in [6.07, 6.45) is 5.72. The van der Waals surface area contributed by atoms with Gasteiger partial charge < -0.3 is 14.4 Å². The van der Waals surface area contributed by atoms with Gasteiger partial charge in [0, 0.05) is 30.2 Å². The molecule has 4 heterocycles. The van der Waals surface area contributed by atoms with Gasteiger partial charge in [0.05, 0.1) is 11.2 Å². The predicted molar refractivity (Wildman–Crippen MR) is 111 cm³/mol. The highest BCUT2D eigenvalue weighted by Gasteiger charge is 2.28. The van der Waals surface area contributed by atoms with E-state index >= 15 is 0 Å². The molecule has 0 aliphatic carbocycles. The molecule has 0 amide bonds. The zero-order valence-corrected chi connectivity index (χ0v) is 18.1. The van der Waals surface area contributed by atoms with Crippen LogP contribution in [0.5, 0.6) is 11.8 Å². The molecule has 28 heavy (non-hydrogen) atoms. The number of nitrogens with zero attached hydrogens (tertiary/aromatic N) is 4. The maximum absolute atomic E-state index is 12.9. The Labute approximate surface area is 180 Å². The first-order valence-electron chi connectivity index (χ1n) is 9.22. The van der Waals surface area contributed by atoms with Gasteiger partial charge >= 0.3 is 0 Å². The fraction of sp³-hybridized carbons (Fsp3) is 0.500. The largest absolute Gasteiger partial charge is 0.417 e. The summed E-state index contributed by atoms with van der Waals surface area (Å²) in [5.41, 5.74) is 0.136. The van der Waals surface area contributed by atoms with Gasteiger partial charge in [0.1, 0.15) is 10.7 Å². The number of hydrogen-bond acceptors (Lipinski definition) is 6. The van der Waals surface area contributed by atoms with Crippen molar-refractivity contribution >= 4 is 44.8 Å². The molecule has 2 fully saturated rings. The maximum atomic E-state index is 12.9. The molecule has 1 unspecified atom stereocenters. The minimum atomic E-state index is -0.446. The third-order valence-corrected chi connectivity index (χ3v) is 6.37. The number of halogens is 3. The molecule has 4 rings (SSSR count). The first kappa shape index (κ1) is 19.9. The molecule has 10 heteroatoms. The van der Waals surface area contributed by atoms with Gasteiger partial charge in [-0.15, -0.1) is 5.10 Å². The lowest BCUT2D eigenvalue weighted by Gasteiger charge is -2.26. The summed E-state index contributed by atoms with van der Waals surface area (Å²) >= 11 is 15.9. The molecule has 1 atom stereocenters. The molecule has 0 spiro atoms. The summed E-state index contributed by atoms with van der Waals surface area (Å²) in [4.78, 5) is 19.1. The first-order valence-corrected chi connectivity index (χ1v) is 10.8. The Kier molecular flexibility index (Phi) is 6.10. The normalized spacial score (nSPS) is 19.8. The van der Waals surface area contributed by atoms with E-state index in [-0.39, 0.29) is 16.5 Å². The van der Waals surface area contributed by atoms with Crippen LogP contribution in [0.2, 0.25) is 10.0 Å². The van der Waals surface area contributed by atoms with Crippen molar-refractivity contribution < 1.29 is 9.47 Å². The van der Waals surface area contributed by atoms with Crippen LogP contribution in [0.4, 0.5) is 5.69 Å². The zero-order valence-electron chi connectivity index (χ0n) is 15.0. The molecule has 0 radical (unpaired) electrons. The highest BCUT2D eigenvalue weighted by Crippen LogP contribution is 2.37. The summed E-state index contributed by atoms with van der Waals surface area (Å²) in [7, 11) is 0. The monoisotopic (exact) mass is 488 g/mol. The van der Waals surface area contributed by atoms with Gasteiger partial charge in [-0.1, -0.05) is 23.2 Å². The Morgan fingerprint density at radius 1 is 1.21 bits per heavy atom. The third kappa shape index (κ3) is 4.01. The quantitative estimate of drug-likeness (QED) is 0.614. The maximum Gasteiger partial charge on any atom is 0.290 e. The molecular formula is C18H19BrCl2N4O3. The zero-order chi connectivity index (χ0) is 19.7. The van der Waals surface area contributed by atoms with Gasteiger partial charge in [-0.05, 0) is 48.0 Å². The van der Waals surface area contributed by atoms with Crippen LogP contribution < -0.4 is 15.2 Å². The minimum absolute atomic E-state index is 0.0918. The SMILES string of the molecule is O=c1c(Cl)c(N2CCCC2)c(Oc2cc(Br)c(Cl)cn2)nn1C1CCCCO1. The number of hydrogen-bond donors (Lipinski definition) is 0. The average Bonchev–Trinajstić information content (AvgIpc) is 3.22. The Bertz CT molecular complexity index is 928. The van der Waals surface area contributed by atoms with Gasteiger partial charge in [0.15, 0.2) is 6.23 Å². The molecule has 0 saturated carbocycles. The average molecular weight is 490 g/mol. The lowest BCUT2D eigenvalue weighted by Crippen LogP contribution is -2.33. The molecule has 0 bridgehead atoms. The molecule has 2 aromatic heterocycles. The van der Waals surface area contributed by atoms with E-state index in [4.69, 9.17) is 32.7 Å². The molecule has 2 saturated heterocycles. The topological polar surface area (TPSA) is 69.5 Å². The van der Waals surface area contributed by atoms with Crippen molar-refractivity contribution in [3.05, 3.63) is 37.1 Å². The first-order chi connectivity index (χ1) is 13.5. The number of pyridine rings is 1. The highest BCUT2D eigenvalue weighted by atomic mass is 79.9. The van der Waals surface area contributed by atoms with E-state index in [9.17, 15) is 4.79 Å². The second kappa shape index (κ2) is 8.57. The smallest absolute Gasteiger partial charge is 0.290 e. The standard InChI is InChI=1S/C18H19BrCl2N4O3/c19-11-9-13(22-10-12(11)20)28-17-16(24-6-2-3-7-24)15(21)18(26)25(23-17)14-5-1-4-8-27-14/h9-10,14H,1-8H2. The van der Waals surface area contributed by atoms with Crippen LogP contribution in [0.25, 0.3) is 0 Å². The van der Waals surface area contributed by atoms with Crippen LogP contribution >= 0.6 is 39.1 Å². The Hall–Kier alpha value is -1.35. The van der Waals surface area contributed by atoms with Crippen molar-refractivity contribution in [2.75, 3.05) is 24.6 Å². The van der Waals surface area contributed by atoms with Crippen molar-refractivity contribution in [1.82, 2.24) is 14.8 Å². The number of rotatable bonds is 4. The third-order valence-electron chi connectivity index (χ3n) is 4.84. The summed E-state index contributed by atoms with van der Waals surface area (Å²) in [5, 5.41) is 5.05. The molecule has 2 aromatic rings. The van der Waals surface area contributed by atoms with E-state index in [1.54, 1.807) is 6.07 Å². The Morgan fingerprint density at radius 3 is 2.68 bits per heavy atom. The number of aromatic nitrogens is 3. The molecule has 2 aliphatic heterocycles. The second-order valence-electron chi connectivity index (χ2n) is 6.77. The highest BCUT2D eigenvalue weighted by molar-refractivity contribution is 9.10. The van der Waals surface area contributed by atoms with Crippen LogP contribution in [0.3, 0.4) is 0 Å². The Morgan fingerprint density at radius 2 is 2.00 bits per heavy atom. The van der Waals surface area contributed by atoms with Crippen LogP contribution in [-0.4, -0.2) is 34.5 Å². The lowest BCUT2D eigenvalue weighted by atomic mass is 10.2. The van der Waals surface area contributed by atoms with Gasteiger partial charge in [-0.2, -0.15) is 4.68 Å². The molecular weight excluding hydrogens is 471 g/mol. The van der Waals surface area contributed by atoms with E-state index in [0.29, 0.717) is 34.1 Å². The minimum Gasteiger partial charge on any atom is -0.417 e. The number of anilines is 1. The summed E-state index contributed by atoms with van der Waals surface area (Å²) < 4.78 is 13.7. The van der Waals surface area contributed by atoms with Crippen LogP contribution in [0.15, 0.2) is 21.5 Å². The fourth-order valence-corrected chi connectivity index (χ4v) is 4.12. The molecule has 7 nitrogen and oxygen atoms in total. The lowest BCUT2D eigenvalue weighted by molar-refractivity contribution is -0.0430. The van der Waals surface area contributed by atoms with Gasteiger partial charge in [0.25, 0.3) is 11.4 Å². The molecule has 0 aromatic carbocycles. The van der Waals surface area contributed by atoms with E-state index in [1.165, 1.54) is 10.9 Å². The van der Waals surface area contributed by atoms with Crippen LogP contribution in [-0.2, 0) is 4.74 Å². The van der Waals surface area contributed by atoms with Crippen molar-refractivity contribution in [2.45, 2.75) is 38.3 Å². The summed E-state index contributed by atoms with van der Waals surface area (Å²) in [6.45, 7) is 2.17. The molecule has 0 N–H and O–H groups in total. The summed E-state index contributed by atoms with van der Waals surface area (Å²) in [6, 6.07) is 1.65. The molecule has 2 aliphatic rings. The van der Waals surface area contributed by atoms with Crippen molar-refractivity contribution in [3.8, 4) is 11.8 Å². The summed E-state index contributed by atoms with van der Waals surface area (Å²) in [5.74, 6) is 0.539. The predicted octanol–water partition coefficient (Wildman–Crippen LogP) is 4.80. The van der Waals surface area contributed by atoms with Crippen molar-refractivity contribution in [3.63, 3.8) is 0 Å². The van der Waals surface area contributed by atoms with Gasteiger partial charge in [0.2, 0.25) is 5.88 Å². The Balaban J connectivity index is 1.79. The van der Waals surface area contributed by atoms with E-state index in [2.05, 4.69) is 26.0 Å². The van der Waals surface area contributed by atoms with Crippen LogP contribution in [0, 0.1) is 0 Å². The van der Waals surface area contributed by atoms with Gasteiger partial charge in [-0.25, -0.2) is 4.98 Å². The van der Waals surface area contributed by atoms with E-state index < -0.39 is 6.23 Å². The van der Waals surface area contributed by atoms with Crippen LogP contribution in [0.1, 0.15) is 38.3 Å². The van der Waals surface area contributed by atoms with Crippen molar-refractivity contribution in [1.29, 1.82) is 0 Å². The van der Waals surface area contributed by atoms with E-state index in [1.807, 2.05) is 4.90 Å². The number of ether oxygens (including phenoxy) is 2. The molecule has 150 valence electrons. The fourth-order valence-electron chi connectivity index (χ4n) is 3.43. The van der Waals surface area contributed by atoms with E-state index in [0.717, 1.165) is 38.8 Å². The van der Waals surface area contributed by atoms with Crippen molar-refractivity contribution in [2.24, 2.45) is 0 Å². The second-order valence-corrected chi connectivity index (χ2v) is 8.41. The van der Waals surface area contributed by atoms with Gasteiger partial charge in [-0.3, -0.25) is 4.79 Å².